The van der Waals surface area contributed by atoms with Gasteiger partial charge in [-0.05, 0) is 19.3 Å². The van der Waals surface area contributed by atoms with Crippen LogP contribution >= 0.6 is 0 Å². The van der Waals surface area contributed by atoms with Gasteiger partial charge in [-0.3, -0.25) is 0 Å². The van der Waals surface area contributed by atoms with Gasteiger partial charge in [-0.2, -0.15) is 0 Å². The molecule has 3 aliphatic carbocycles. The lowest BCUT2D eigenvalue weighted by molar-refractivity contribution is -0.0617. The molecule has 0 atom stereocenters. The minimum atomic E-state index is -3.04. The molecule has 0 amide bonds. The van der Waals surface area contributed by atoms with E-state index in [1.165, 1.54) is 6.26 Å². The minimum absolute atomic E-state index is 0.0301. The highest BCUT2D eigenvalue weighted by Crippen LogP contribution is 2.58. The van der Waals surface area contributed by atoms with Gasteiger partial charge in [-0.15, -0.1) is 0 Å². The van der Waals surface area contributed by atoms with Crippen molar-refractivity contribution in [3.63, 3.8) is 0 Å². The molecule has 3 fully saturated rings. The van der Waals surface area contributed by atoms with E-state index in [1.54, 1.807) is 0 Å². The fourth-order valence-electron chi connectivity index (χ4n) is 2.37. The van der Waals surface area contributed by atoms with E-state index < -0.39 is 10.0 Å². The number of hydrogen-bond acceptors (Lipinski definition) is 3. The predicted octanol–water partition coefficient (Wildman–Crippen LogP) is -0.831. The van der Waals surface area contributed by atoms with Crippen LogP contribution in [-0.2, 0) is 10.0 Å². The van der Waals surface area contributed by atoms with Crippen LogP contribution < -0.4 is 10.5 Å². The van der Waals surface area contributed by atoms with Crippen molar-refractivity contribution in [1.82, 2.24) is 4.72 Å². The van der Waals surface area contributed by atoms with Gasteiger partial charge in [0.1, 0.15) is 0 Å². The first-order valence-corrected chi connectivity index (χ1v) is 5.50. The Hall–Kier alpha value is -0.130. The normalized spacial score (nSPS) is 47.8. The van der Waals surface area contributed by atoms with Crippen molar-refractivity contribution in [2.45, 2.75) is 30.3 Å². The van der Waals surface area contributed by atoms with Crippen LogP contribution in [0.25, 0.3) is 0 Å². The number of sulfonamides is 1. The molecule has 0 unspecified atom stereocenters. The first-order valence-electron chi connectivity index (χ1n) is 3.61. The summed E-state index contributed by atoms with van der Waals surface area (Å²) in [6, 6.07) is 0. The summed E-state index contributed by atoms with van der Waals surface area (Å²) in [6.45, 7) is 0. The van der Waals surface area contributed by atoms with Crippen molar-refractivity contribution < 1.29 is 8.42 Å². The quantitative estimate of drug-likeness (QED) is 0.577. The van der Waals surface area contributed by atoms with Crippen molar-refractivity contribution in [2.75, 3.05) is 6.26 Å². The Balaban J connectivity index is 2.02. The van der Waals surface area contributed by atoms with Crippen LogP contribution in [0.15, 0.2) is 0 Å². The van der Waals surface area contributed by atoms with E-state index in [0.717, 1.165) is 19.3 Å². The molecule has 3 saturated carbocycles. The summed E-state index contributed by atoms with van der Waals surface area (Å²) >= 11 is 0. The molecule has 0 aliphatic heterocycles. The zero-order chi connectivity index (χ0) is 8.33. The Labute approximate surface area is 66.2 Å². The van der Waals surface area contributed by atoms with Gasteiger partial charge >= 0.3 is 0 Å². The number of rotatable bonds is 2. The van der Waals surface area contributed by atoms with Gasteiger partial charge in [0.15, 0.2) is 0 Å². The highest BCUT2D eigenvalue weighted by atomic mass is 32.2. The van der Waals surface area contributed by atoms with Crippen LogP contribution in [0.4, 0.5) is 0 Å². The van der Waals surface area contributed by atoms with Gasteiger partial charge in [-0.1, -0.05) is 0 Å². The fourth-order valence-corrected chi connectivity index (χ4v) is 3.37. The summed E-state index contributed by atoms with van der Waals surface area (Å²) in [4.78, 5) is 0. The SMILES string of the molecule is CS(=O)(=O)NC12CC(N)(C1)C2. The lowest BCUT2D eigenvalue weighted by Gasteiger charge is -2.68. The van der Waals surface area contributed by atoms with Gasteiger partial charge < -0.3 is 5.73 Å². The molecule has 0 aromatic rings. The maximum absolute atomic E-state index is 10.8. The van der Waals surface area contributed by atoms with Crippen molar-refractivity contribution in [1.29, 1.82) is 0 Å². The number of nitrogens with one attached hydrogen (secondary N) is 1. The summed E-state index contributed by atoms with van der Waals surface area (Å²) in [6.07, 6.45) is 3.63. The molecule has 3 N–H and O–H groups in total. The molecule has 0 aromatic carbocycles. The average Bonchev–Trinajstić information content (AvgIpc) is 1.53. The standard InChI is InChI=1S/C6H12N2O2S/c1-11(9,10)8-6-2-5(7,3-6)4-6/h8H,2-4,7H2,1H3. The number of hydrogen-bond donors (Lipinski definition) is 2. The second kappa shape index (κ2) is 1.62. The first kappa shape index (κ1) is 7.52. The van der Waals surface area contributed by atoms with Crippen LogP contribution in [0.5, 0.6) is 0 Å². The molecular formula is C6H12N2O2S. The maximum Gasteiger partial charge on any atom is 0.209 e. The zero-order valence-corrected chi connectivity index (χ0v) is 7.24. The van der Waals surface area contributed by atoms with Crippen LogP contribution in [0.1, 0.15) is 19.3 Å². The van der Waals surface area contributed by atoms with Gasteiger partial charge in [-0.25, -0.2) is 13.1 Å². The van der Waals surface area contributed by atoms with Crippen LogP contribution in [-0.4, -0.2) is 25.8 Å². The average molecular weight is 176 g/mol. The van der Waals surface area contributed by atoms with Crippen molar-refractivity contribution in [3.05, 3.63) is 0 Å². The van der Waals surface area contributed by atoms with E-state index in [9.17, 15) is 8.42 Å². The van der Waals surface area contributed by atoms with Gasteiger partial charge in [0, 0.05) is 11.1 Å². The van der Waals surface area contributed by atoms with Crippen LogP contribution in [0.3, 0.4) is 0 Å². The molecule has 2 bridgehead atoms. The molecule has 4 nitrogen and oxygen atoms in total. The van der Waals surface area contributed by atoms with E-state index in [2.05, 4.69) is 4.72 Å². The summed E-state index contributed by atoms with van der Waals surface area (Å²) in [7, 11) is -3.04. The van der Waals surface area contributed by atoms with Crippen molar-refractivity contribution >= 4 is 10.0 Å². The Morgan fingerprint density at radius 1 is 1.36 bits per heavy atom. The maximum atomic E-state index is 10.8. The lowest BCUT2D eigenvalue weighted by Crippen LogP contribution is -2.82. The summed E-state index contributed by atoms with van der Waals surface area (Å²) in [5.74, 6) is 0. The third kappa shape index (κ3) is 1.07. The molecule has 0 saturated heterocycles. The van der Waals surface area contributed by atoms with Gasteiger partial charge in [0.05, 0.1) is 6.26 Å². The monoisotopic (exact) mass is 176 g/mol. The molecule has 3 rings (SSSR count). The van der Waals surface area contributed by atoms with Crippen LogP contribution in [0, 0.1) is 0 Å². The second-order valence-electron chi connectivity index (χ2n) is 4.05. The molecule has 0 spiro atoms. The van der Waals surface area contributed by atoms with Gasteiger partial charge in [0.25, 0.3) is 0 Å². The Morgan fingerprint density at radius 3 is 2.09 bits per heavy atom. The van der Waals surface area contributed by atoms with Crippen LogP contribution in [0.2, 0.25) is 0 Å². The van der Waals surface area contributed by atoms with E-state index in [1.807, 2.05) is 0 Å². The molecule has 3 aliphatic rings. The zero-order valence-electron chi connectivity index (χ0n) is 6.42. The minimum Gasteiger partial charge on any atom is -0.325 e. The van der Waals surface area contributed by atoms with E-state index in [-0.39, 0.29) is 11.1 Å². The molecule has 0 radical (unpaired) electrons. The molecular weight excluding hydrogens is 164 g/mol. The topological polar surface area (TPSA) is 72.2 Å². The fraction of sp³-hybridized carbons (Fsp3) is 1.00. The molecule has 0 aromatic heterocycles. The molecule has 11 heavy (non-hydrogen) atoms. The third-order valence-corrected chi connectivity index (χ3v) is 3.28. The summed E-state index contributed by atoms with van der Waals surface area (Å²) in [5.41, 5.74) is 5.58. The number of nitrogens with two attached hydrogens (primary N) is 1. The smallest absolute Gasteiger partial charge is 0.209 e. The molecule has 64 valence electrons. The lowest BCUT2D eigenvalue weighted by atomic mass is 9.45. The summed E-state index contributed by atoms with van der Waals surface area (Å²) < 4.78 is 24.2. The Kier molecular flexibility index (Phi) is 1.11. The van der Waals surface area contributed by atoms with Crippen molar-refractivity contribution in [3.8, 4) is 0 Å². The van der Waals surface area contributed by atoms with Crippen molar-refractivity contribution in [2.24, 2.45) is 5.73 Å². The van der Waals surface area contributed by atoms with Gasteiger partial charge in [0.2, 0.25) is 10.0 Å². The third-order valence-electron chi connectivity index (χ3n) is 2.47. The molecule has 5 heteroatoms. The summed E-state index contributed by atoms with van der Waals surface area (Å²) in [5, 5.41) is 0. The highest BCUT2D eigenvalue weighted by molar-refractivity contribution is 7.88. The van der Waals surface area contributed by atoms with E-state index in [0.29, 0.717) is 0 Å². The first-order chi connectivity index (χ1) is 4.83. The largest absolute Gasteiger partial charge is 0.325 e. The Morgan fingerprint density at radius 2 is 1.82 bits per heavy atom. The van der Waals surface area contributed by atoms with E-state index in [4.69, 9.17) is 5.73 Å². The predicted molar refractivity (Wildman–Crippen MR) is 41.5 cm³/mol. The highest BCUT2D eigenvalue weighted by Gasteiger charge is 2.66. The molecule has 0 heterocycles. The second-order valence-corrected chi connectivity index (χ2v) is 5.80. The van der Waals surface area contributed by atoms with E-state index >= 15 is 0 Å². The Bertz CT molecular complexity index is 276.